The second-order valence-corrected chi connectivity index (χ2v) is 6.44. The highest BCUT2D eigenvalue weighted by atomic mass is 35.5. The predicted molar refractivity (Wildman–Crippen MR) is 80.0 cm³/mol. The van der Waals surface area contributed by atoms with Gasteiger partial charge in [-0.2, -0.15) is 0 Å². The summed E-state index contributed by atoms with van der Waals surface area (Å²) in [4.78, 5) is 7.20. The van der Waals surface area contributed by atoms with E-state index in [1.807, 2.05) is 22.7 Å². The Bertz CT molecular complexity index is 609. The highest BCUT2D eigenvalue weighted by Gasteiger charge is 2.34. The number of rotatable bonds is 2. The number of imidazole rings is 1. The van der Waals surface area contributed by atoms with Crippen LogP contribution in [0.2, 0.25) is 5.02 Å². The number of fused-ring (bicyclic) bond motifs is 2. The maximum atomic E-state index is 6.01. The number of hydrogen-bond acceptors (Lipinski definition) is 3. The van der Waals surface area contributed by atoms with Crippen molar-refractivity contribution in [3.05, 3.63) is 35.2 Å². The van der Waals surface area contributed by atoms with Crippen LogP contribution in [0.1, 0.15) is 18.5 Å². The van der Waals surface area contributed by atoms with Gasteiger partial charge < -0.3 is 9.72 Å². The van der Waals surface area contributed by atoms with Gasteiger partial charge in [0.2, 0.25) is 0 Å². The number of nitrogens with zero attached hydrogens (tertiary/aromatic N) is 3. The molecule has 1 N–H and O–H groups in total. The number of pyridine rings is 1. The summed E-state index contributed by atoms with van der Waals surface area (Å²) in [5.41, 5.74) is 2.10. The number of likely N-dealkylation sites (tertiary alicyclic amines) is 1. The van der Waals surface area contributed by atoms with Crippen molar-refractivity contribution in [2.75, 3.05) is 19.6 Å². The van der Waals surface area contributed by atoms with Gasteiger partial charge in [0, 0.05) is 38.1 Å². The van der Waals surface area contributed by atoms with Crippen molar-refractivity contribution < 1.29 is 0 Å². The first-order valence-corrected chi connectivity index (χ1v) is 7.74. The Morgan fingerprint density at radius 2 is 2.25 bits per heavy atom. The molecule has 0 bridgehead atoms. The molecule has 0 amide bonds. The first kappa shape index (κ1) is 12.6. The summed E-state index contributed by atoms with van der Waals surface area (Å²) in [5.74, 6) is 0.829. The molecule has 0 aliphatic carbocycles. The highest BCUT2D eigenvalue weighted by molar-refractivity contribution is 6.30. The number of nitrogens with one attached hydrogen (secondary N) is 1. The van der Waals surface area contributed by atoms with Crippen LogP contribution in [-0.2, 0) is 6.54 Å². The molecule has 4 heterocycles. The molecule has 2 fully saturated rings. The quantitative estimate of drug-likeness (QED) is 0.920. The Balaban J connectivity index is 1.50. The van der Waals surface area contributed by atoms with Crippen molar-refractivity contribution in [3.8, 4) is 0 Å². The van der Waals surface area contributed by atoms with E-state index in [0.717, 1.165) is 35.4 Å². The average molecular weight is 291 g/mol. The van der Waals surface area contributed by atoms with E-state index in [4.69, 9.17) is 11.6 Å². The molecule has 4 rings (SSSR count). The first-order chi connectivity index (χ1) is 9.78. The summed E-state index contributed by atoms with van der Waals surface area (Å²) in [6.45, 7) is 4.47. The van der Waals surface area contributed by atoms with E-state index < -0.39 is 0 Å². The van der Waals surface area contributed by atoms with Crippen LogP contribution in [0.25, 0.3) is 5.65 Å². The Morgan fingerprint density at radius 1 is 1.30 bits per heavy atom. The van der Waals surface area contributed by atoms with Crippen molar-refractivity contribution in [1.82, 2.24) is 19.6 Å². The largest absolute Gasteiger partial charge is 0.312 e. The molecule has 0 unspecified atom stereocenters. The molecular formula is C15H19ClN4. The molecule has 0 radical (unpaired) electrons. The van der Waals surface area contributed by atoms with Gasteiger partial charge in [0.15, 0.2) is 0 Å². The third-order valence-corrected chi connectivity index (χ3v) is 4.75. The van der Waals surface area contributed by atoms with Crippen molar-refractivity contribution in [2.24, 2.45) is 5.92 Å². The number of halogens is 1. The monoisotopic (exact) mass is 290 g/mol. The van der Waals surface area contributed by atoms with Crippen LogP contribution in [0, 0.1) is 5.92 Å². The molecule has 2 saturated heterocycles. The summed E-state index contributed by atoms with van der Waals surface area (Å²) >= 11 is 6.01. The van der Waals surface area contributed by atoms with Crippen LogP contribution in [0.5, 0.6) is 0 Å². The zero-order chi connectivity index (χ0) is 13.5. The maximum Gasteiger partial charge on any atom is 0.137 e. The zero-order valence-corrected chi connectivity index (χ0v) is 12.2. The van der Waals surface area contributed by atoms with E-state index in [-0.39, 0.29) is 0 Å². The lowest BCUT2D eigenvalue weighted by Crippen LogP contribution is -2.40. The van der Waals surface area contributed by atoms with Gasteiger partial charge in [0.1, 0.15) is 5.65 Å². The molecule has 2 aliphatic heterocycles. The van der Waals surface area contributed by atoms with Gasteiger partial charge in [0.25, 0.3) is 0 Å². The Kier molecular flexibility index (Phi) is 3.17. The first-order valence-electron chi connectivity index (χ1n) is 7.37. The fourth-order valence-corrected chi connectivity index (χ4v) is 3.76. The minimum atomic E-state index is 0.690. The second kappa shape index (κ2) is 5.02. The Morgan fingerprint density at radius 3 is 3.15 bits per heavy atom. The van der Waals surface area contributed by atoms with Crippen LogP contribution in [0.4, 0.5) is 0 Å². The van der Waals surface area contributed by atoms with E-state index >= 15 is 0 Å². The number of piperidine rings is 1. The predicted octanol–water partition coefficient (Wildman–Crippen LogP) is 2.17. The van der Waals surface area contributed by atoms with Gasteiger partial charge in [-0.3, -0.25) is 4.90 Å². The molecule has 20 heavy (non-hydrogen) atoms. The number of aromatic nitrogens is 2. The molecule has 5 heteroatoms. The van der Waals surface area contributed by atoms with E-state index in [0.29, 0.717) is 6.04 Å². The Labute approximate surface area is 123 Å². The third-order valence-electron chi connectivity index (χ3n) is 4.53. The normalized spacial score (nSPS) is 27.1. The van der Waals surface area contributed by atoms with Crippen molar-refractivity contribution >= 4 is 17.2 Å². The summed E-state index contributed by atoms with van der Waals surface area (Å²) in [6, 6.07) is 4.55. The third kappa shape index (κ3) is 2.32. The molecule has 2 aliphatic rings. The molecule has 2 aromatic rings. The summed E-state index contributed by atoms with van der Waals surface area (Å²) < 4.78 is 2.01. The van der Waals surface area contributed by atoms with Crippen molar-refractivity contribution in [2.45, 2.75) is 25.4 Å². The molecule has 0 spiro atoms. The molecular weight excluding hydrogens is 272 g/mol. The van der Waals surface area contributed by atoms with E-state index in [1.165, 1.54) is 25.9 Å². The molecule has 2 atom stereocenters. The van der Waals surface area contributed by atoms with E-state index in [2.05, 4.69) is 21.4 Å². The van der Waals surface area contributed by atoms with Crippen LogP contribution in [0.3, 0.4) is 0 Å². The topological polar surface area (TPSA) is 32.6 Å². The van der Waals surface area contributed by atoms with Crippen LogP contribution in [-0.4, -0.2) is 40.0 Å². The van der Waals surface area contributed by atoms with Crippen molar-refractivity contribution in [1.29, 1.82) is 0 Å². The molecule has 2 aromatic heterocycles. The lowest BCUT2D eigenvalue weighted by molar-refractivity contribution is 0.310. The van der Waals surface area contributed by atoms with Crippen LogP contribution in [0.15, 0.2) is 24.5 Å². The SMILES string of the molecule is Clc1ccc2nc(CN3C[C@@H]4CCCN[C@@H]4C3)cn2c1. The van der Waals surface area contributed by atoms with Gasteiger partial charge in [0.05, 0.1) is 10.7 Å². The Hall–Kier alpha value is -1.10. The molecule has 4 nitrogen and oxygen atoms in total. The standard InChI is InChI=1S/C15H19ClN4/c16-12-3-4-15-18-13(9-20(15)7-12)8-19-6-11-2-1-5-17-14(11)10-19/h3-4,7,9,11,14,17H,1-2,5-6,8,10H2/t11-,14+/m0/s1. The molecule has 106 valence electrons. The van der Waals surface area contributed by atoms with Gasteiger partial charge >= 0.3 is 0 Å². The van der Waals surface area contributed by atoms with Gasteiger partial charge in [-0.25, -0.2) is 4.98 Å². The minimum absolute atomic E-state index is 0.690. The summed E-state index contributed by atoms with van der Waals surface area (Å²) in [5, 5.41) is 4.39. The molecule has 0 saturated carbocycles. The highest BCUT2D eigenvalue weighted by Crippen LogP contribution is 2.26. The lowest BCUT2D eigenvalue weighted by Gasteiger charge is -2.24. The summed E-state index contributed by atoms with van der Waals surface area (Å²) in [6.07, 6.45) is 6.70. The van der Waals surface area contributed by atoms with E-state index in [9.17, 15) is 0 Å². The zero-order valence-electron chi connectivity index (χ0n) is 11.4. The fraction of sp³-hybridized carbons (Fsp3) is 0.533. The summed E-state index contributed by atoms with van der Waals surface area (Å²) in [7, 11) is 0. The fourth-order valence-electron chi connectivity index (χ4n) is 3.59. The maximum absolute atomic E-state index is 6.01. The van der Waals surface area contributed by atoms with Crippen LogP contribution >= 0.6 is 11.6 Å². The minimum Gasteiger partial charge on any atom is -0.312 e. The van der Waals surface area contributed by atoms with Gasteiger partial charge in [-0.1, -0.05) is 11.6 Å². The van der Waals surface area contributed by atoms with Crippen LogP contribution < -0.4 is 5.32 Å². The lowest BCUT2D eigenvalue weighted by atomic mass is 9.94. The second-order valence-electron chi connectivity index (χ2n) is 6.00. The molecule has 0 aromatic carbocycles. The van der Waals surface area contributed by atoms with E-state index in [1.54, 1.807) is 0 Å². The van der Waals surface area contributed by atoms with Gasteiger partial charge in [-0.05, 0) is 37.4 Å². The smallest absolute Gasteiger partial charge is 0.137 e. The number of hydrogen-bond donors (Lipinski definition) is 1. The van der Waals surface area contributed by atoms with Crippen molar-refractivity contribution in [3.63, 3.8) is 0 Å². The average Bonchev–Trinajstić information content (AvgIpc) is 3.00. The van der Waals surface area contributed by atoms with Gasteiger partial charge in [-0.15, -0.1) is 0 Å².